The normalized spacial score (nSPS) is 10.8. The van der Waals surface area contributed by atoms with Crippen molar-refractivity contribution in [2.24, 2.45) is 5.10 Å². The summed E-state index contributed by atoms with van der Waals surface area (Å²) >= 11 is 5.88. The number of ether oxygens (including phenoxy) is 1. The summed E-state index contributed by atoms with van der Waals surface area (Å²) in [6, 6.07) is 16.3. The number of nitrogens with zero attached hydrogens (tertiary/aromatic N) is 2. The number of hydrogen-bond donors (Lipinski definition) is 2. The number of halogens is 1. The van der Waals surface area contributed by atoms with Crippen molar-refractivity contribution in [1.29, 1.82) is 0 Å². The molecule has 3 aromatic rings. The van der Waals surface area contributed by atoms with Crippen LogP contribution < -0.4 is 10.2 Å². The number of amides is 1. The fourth-order valence-corrected chi connectivity index (χ4v) is 2.43. The van der Waals surface area contributed by atoms with Crippen LogP contribution in [0.25, 0.3) is 11.3 Å². The molecule has 2 N–H and O–H groups in total. The smallest absolute Gasteiger partial charge is 0.289 e. The largest absolute Gasteiger partial charge is 0.493 e. The molecule has 0 aliphatic heterocycles. The van der Waals surface area contributed by atoms with Crippen LogP contribution in [-0.2, 0) is 0 Å². The van der Waals surface area contributed by atoms with Gasteiger partial charge in [-0.25, -0.2) is 5.43 Å². The minimum atomic E-state index is -0.386. The molecular formula is C19H17ClN4O2. The third-order valence-corrected chi connectivity index (χ3v) is 3.80. The molecule has 26 heavy (non-hydrogen) atoms. The summed E-state index contributed by atoms with van der Waals surface area (Å²) in [5.74, 6) is 0.322. The third-order valence-electron chi connectivity index (χ3n) is 3.55. The van der Waals surface area contributed by atoms with Gasteiger partial charge in [-0.05, 0) is 37.3 Å². The number of carbonyl (C=O) groups excluding carboxylic acids is 1. The van der Waals surface area contributed by atoms with Crippen molar-refractivity contribution in [1.82, 2.24) is 15.6 Å². The molecule has 3 rings (SSSR count). The van der Waals surface area contributed by atoms with E-state index in [1.54, 1.807) is 24.4 Å². The molecule has 0 saturated heterocycles. The molecule has 0 aliphatic rings. The Morgan fingerprint density at radius 2 is 2.04 bits per heavy atom. The number of hydrazone groups is 1. The maximum atomic E-state index is 12.2. The maximum absolute atomic E-state index is 12.2. The van der Waals surface area contributed by atoms with Gasteiger partial charge in [0.15, 0.2) is 0 Å². The van der Waals surface area contributed by atoms with Gasteiger partial charge in [-0.15, -0.1) is 0 Å². The first-order chi connectivity index (χ1) is 12.7. The van der Waals surface area contributed by atoms with E-state index < -0.39 is 0 Å². The standard InChI is InChI=1S/C19H17ClN4O2/c1-2-26-18-6-4-3-5-14(18)12-21-24-19(25)17-11-16(22-23-17)13-7-9-15(20)10-8-13/h3-12H,2H2,1H3,(H,22,23)(H,24,25). The fourth-order valence-electron chi connectivity index (χ4n) is 2.30. The van der Waals surface area contributed by atoms with E-state index in [4.69, 9.17) is 16.3 Å². The van der Waals surface area contributed by atoms with Crippen molar-refractivity contribution < 1.29 is 9.53 Å². The predicted octanol–water partition coefficient (Wildman–Crippen LogP) is 3.89. The van der Waals surface area contributed by atoms with E-state index in [2.05, 4.69) is 20.7 Å². The number of nitrogens with one attached hydrogen (secondary N) is 2. The number of rotatable bonds is 6. The molecular weight excluding hydrogens is 352 g/mol. The second kappa shape index (κ2) is 8.31. The molecule has 1 heterocycles. The molecule has 6 nitrogen and oxygen atoms in total. The molecule has 132 valence electrons. The summed E-state index contributed by atoms with van der Waals surface area (Å²) in [5, 5.41) is 11.5. The first kappa shape index (κ1) is 17.7. The molecule has 0 radical (unpaired) electrons. The topological polar surface area (TPSA) is 79.4 Å². The van der Waals surface area contributed by atoms with Crippen LogP contribution in [0.1, 0.15) is 23.0 Å². The number of H-pyrrole nitrogens is 1. The lowest BCUT2D eigenvalue weighted by molar-refractivity contribution is 0.0950. The molecule has 0 atom stereocenters. The first-order valence-corrected chi connectivity index (χ1v) is 8.41. The molecule has 0 saturated carbocycles. The Kier molecular flexibility index (Phi) is 5.66. The highest BCUT2D eigenvalue weighted by Gasteiger charge is 2.10. The van der Waals surface area contributed by atoms with Crippen LogP contribution in [0.3, 0.4) is 0 Å². The van der Waals surface area contributed by atoms with E-state index in [0.717, 1.165) is 11.1 Å². The van der Waals surface area contributed by atoms with E-state index in [1.165, 1.54) is 0 Å². The Balaban J connectivity index is 1.67. The van der Waals surface area contributed by atoms with Crippen LogP contribution in [0, 0.1) is 0 Å². The summed E-state index contributed by atoms with van der Waals surface area (Å²) in [6.07, 6.45) is 1.54. The summed E-state index contributed by atoms with van der Waals surface area (Å²) in [5.41, 5.74) is 5.07. The van der Waals surface area contributed by atoms with E-state index in [-0.39, 0.29) is 5.91 Å². The zero-order valence-corrected chi connectivity index (χ0v) is 14.8. The van der Waals surface area contributed by atoms with Crippen molar-refractivity contribution in [2.45, 2.75) is 6.92 Å². The van der Waals surface area contributed by atoms with Crippen LogP contribution in [0.4, 0.5) is 0 Å². The van der Waals surface area contributed by atoms with Crippen LogP contribution in [0.2, 0.25) is 5.02 Å². The molecule has 2 aromatic carbocycles. The van der Waals surface area contributed by atoms with Crippen molar-refractivity contribution >= 4 is 23.7 Å². The molecule has 0 fully saturated rings. The van der Waals surface area contributed by atoms with Gasteiger partial charge in [0.25, 0.3) is 5.91 Å². The number of carbonyl (C=O) groups is 1. The Morgan fingerprint density at radius 3 is 2.81 bits per heavy atom. The van der Waals surface area contributed by atoms with Crippen molar-refractivity contribution in [3.8, 4) is 17.0 Å². The molecule has 1 aromatic heterocycles. The lowest BCUT2D eigenvalue weighted by Gasteiger charge is -2.05. The van der Waals surface area contributed by atoms with Gasteiger partial charge in [0.05, 0.1) is 18.5 Å². The number of para-hydroxylation sites is 1. The molecule has 7 heteroatoms. The average Bonchev–Trinajstić information content (AvgIpc) is 3.14. The average molecular weight is 369 g/mol. The van der Waals surface area contributed by atoms with E-state index in [1.807, 2.05) is 43.3 Å². The highest BCUT2D eigenvalue weighted by molar-refractivity contribution is 6.30. The second-order valence-electron chi connectivity index (χ2n) is 5.34. The van der Waals surface area contributed by atoms with Crippen molar-refractivity contribution in [2.75, 3.05) is 6.61 Å². The monoisotopic (exact) mass is 368 g/mol. The quantitative estimate of drug-likeness (QED) is 0.511. The van der Waals surface area contributed by atoms with Crippen LogP contribution in [0.5, 0.6) is 5.75 Å². The van der Waals surface area contributed by atoms with Gasteiger partial charge in [-0.1, -0.05) is 35.9 Å². The van der Waals surface area contributed by atoms with Gasteiger partial charge in [0.2, 0.25) is 0 Å². The zero-order valence-electron chi connectivity index (χ0n) is 14.1. The summed E-state index contributed by atoms with van der Waals surface area (Å²) in [4.78, 5) is 12.2. The van der Waals surface area contributed by atoms with E-state index in [9.17, 15) is 4.79 Å². The SMILES string of the molecule is CCOc1ccccc1C=NNC(=O)c1cc(-c2ccc(Cl)cc2)n[nH]1. The summed E-state index contributed by atoms with van der Waals surface area (Å²) in [6.45, 7) is 2.46. The molecule has 0 aliphatic carbocycles. The van der Waals surface area contributed by atoms with Gasteiger partial charge in [0, 0.05) is 16.1 Å². The molecule has 1 amide bonds. The number of aromatic nitrogens is 2. The third kappa shape index (κ3) is 4.29. The molecule has 0 bridgehead atoms. The van der Waals surface area contributed by atoms with Crippen LogP contribution in [0.15, 0.2) is 59.7 Å². The number of aromatic amines is 1. The highest BCUT2D eigenvalue weighted by Crippen LogP contribution is 2.20. The Hall–Kier alpha value is -3.12. The van der Waals surface area contributed by atoms with Gasteiger partial charge in [0.1, 0.15) is 11.4 Å². The molecule has 0 spiro atoms. The Morgan fingerprint density at radius 1 is 1.27 bits per heavy atom. The summed E-state index contributed by atoms with van der Waals surface area (Å²) in [7, 11) is 0. The van der Waals surface area contributed by atoms with Gasteiger partial charge in [-0.2, -0.15) is 10.2 Å². The number of hydrogen-bond acceptors (Lipinski definition) is 4. The lowest BCUT2D eigenvalue weighted by atomic mass is 10.1. The van der Waals surface area contributed by atoms with Crippen molar-refractivity contribution in [3.05, 3.63) is 70.9 Å². The predicted molar refractivity (Wildman–Crippen MR) is 102 cm³/mol. The Bertz CT molecular complexity index is 919. The number of benzene rings is 2. The Labute approximate surface area is 155 Å². The maximum Gasteiger partial charge on any atom is 0.289 e. The first-order valence-electron chi connectivity index (χ1n) is 8.04. The van der Waals surface area contributed by atoms with Gasteiger partial charge >= 0.3 is 0 Å². The van der Waals surface area contributed by atoms with Crippen LogP contribution in [-0.4, -0.2) is 28.9 Å². The summed E-state index contributed by atoms with van der Waals surface area (Å²) < 4.78 is 5.51. The second-order valence-corrected chi connectivity index (χ2v) is 5.78. The van der Waals surface area contributed by atoms with Crippen molar-refractivity contribution in [3.63, 3.8) is 0 Å². The zero-order chi connectivity index (χ0) is 18.4. The van der Waals surface area contributed by atoms with Gasteiger partial charge in [-0.3, -0.25) is 9.89 Å². The highest BCUT2D eigenvalue weighted by atomic mass is 35.5. The minimum Gasteiger partial charge on any atom is -0.493 e. The van der Waals surface area contributed by atoms with E-state index in [0.29, 0.717) is 28.8 Å². The van der Waals surface area contributed by atoms with Gasteiger partial charge < -0.3 is 4.74 Å². The molecule has 0 unspecified atom stereocenters. The van der Waals surface area contributed by atoms with E-state index >= 15 is 0 Å². The lowest BCUT2D eigenvalue weighted by Crippen LogP contribution is -2.18. The van der Waals surface area contributed by atoms with Crippen LogP contribution >= 0.6 is 11.6 Å². The fraction of sp³-hybridized carbons (Fsp3) is 0.105. The minimum absolute atomic E-state index is 0.310.